The normalized spacial score (nSPS) is 19.2. The molecular formula is C16H25N5O3. The van der Waals surface area contributed by atoms with Crippen LogP contribution in [-0.2, 0) is 4.74 Å². The van der Waals surface area contributed by atoms with Gasteiger partial charge in [0.2, 0.25) is 0 Å². The maximum absolute atomic E-state index is 11.3. The zero-order chi connectivity index (χ0) is 16.8. The zero-order valence-electron chi connectivity index (χ0n) is 13.9. The number of ether oxygens (including phenoxy) is 1. The van der Waals surface area contributed by atoms with Crippen LogP contribution in [-0.4, -0.2) is 75.4 Å². The predicted molar refractivity (Wildman–Crippen MR) is 93.9 cm³/mol. The molecule has 0 saturated carbocycles. The summed E-state index contributed by atoms with van der Waals surface area (Å²) < 4.78 is 5.34. The van der Waals surface area contributed by atoms with Crippen molar-refractivity contribution in [2.24, 2.45) is 0 Å². The minimum atomic E-state index is -0.321. The summed E-state index contributed by atoms with van der Waals surface area (Å²) >= 11 is 0. The van der Waals surface area contributed by atoms with Gasteiger partial charge in [0.1, 0.15) is 5.69 Å². The molecule has 0 amide bonds. The maximum Gasteiger partial charge on any atom is 0.292 e. The first kappa shape index (κ1) is 16.9. The van der Waals surface area contributed by atoms with E-state index in [4.69, 9.17) is 4.74 Å². The van der Waals surface area contributed by atoms with Gasteiger partial charge in [-0.1, -0.05) is 0 Å². The van der Waals surface area contributed by atoms with Crippen LogP contribution in [0.2, 0.25) is 0 Å². The molecule has 0 radical (unpaired) electrons. The van der Waals surface area contributed by atoms with Crippen LogP contribution in [0, 0.1) is 10.1 Å². The number of hydrogen-bond acceptors (Lipinski definition) is 7. The lowest BCUT2D eigenvalue weighted by molar-refractivity contribution is -0.383. The van der Waals surface area contributed by atoms with Crippen molar-refractivity contribution in [2.75, 3.05) is 75.8 Å². The highest BCUT2D eigenvalue weighted by Crippen LogP contribution is 2.29. The van der Waals surface area contributed by atoms with Gasteiger partial charge in [0, 0.05) is 64.1 Å². The van der Waals surface area contributed by atoms with Crippen LogP contribution in [0.5, 0.6) is 0 Å². The maximum atomic E-state index is 11.3. The fourth-order valence-electron chi connectivity index (χ4n) is 3.12. The van der Waals surface area contributed by atoms with Crippen LogP contribution in [0.15, 0.2) is 18.2 Å². The molecule has 0 spiro atoms. The Balaban J connectivity index is 1.65. The summed E-state index contributed by atoms with van der Waals surface area (Å²) in [7, 11) is 0. The molecule has 2 aliphatic rings. The van der Waals surface area contributed by atoms with Crippen LogP contribution >= 0.6 is 0 Å². The SMILES string of the molecule is O=[N+]([O-])c1ccc(N2CCNCC2)cc1NCCN1CCOCC1. The number of anilines is 2. The molecule has 2 aliphatic heterocycles. The molecule has 1 aromatic rings. The number of piperazine rings is 1. The van der Waals surface area contributed by atoms with Crippen molar-refractivity contribution in [2.45, 2.75) is 0 Å². The van der Waals surface area contributed by atoms with Gasteiger partial charge in [-0.2, -0.15) is 0 Å². The Kier molecular flexibility index (Phi) is 5.84. The smallest absolute Gasteiger partial charge is 0.292 e. The van der Waals surface area contributed by atoms with E-state index in [-0.39, 0.29) is 10.6 Å². The van der Waals surface area contributed by atoms with Gasteiger partial charge in [0.25, 0.3) is 5.69 Å². The number of nitrogens with zero attached hydrogens (tertiary/aromatic N) is 3. The first-order valence-corrected chi connectivity index (χ1v) is 8.52. The minimum Gasteiger partial charge on any atom is -0.379 e. The Labute approximate surface area is 141 Å². The summed E-state index contributed by atoms with van der Waals surface area (Å²) in [6.45, 7) is 8.64. The zero-order valence-corrected chi connectivity index (χ0v) is 13.9. The van der Waals surface area contributed by atoms with Gasteiger partial charge in [-0.05, 0) is 12.1 Å². The topological polar surface area (TPSA) is 82.9 Å². The molecule has 2 heterocycles. The van der Waals surface area contributed by atoms with E-state index in [0.29, 0.717) is 12.2 Å². The first-order valence-electron chi connectivity index (χ1n) is 8.52. The molecule has 0 atom stereocenters. The summed E-state index contributed by atoms with van der Waals surface area (Å²) in [5.41, 5.74) is 1.77. The number of nitro groups is 1. The van der Waals surface area contributed by atoms with E-state index < -0.39 is 0 Å². The lowest BCUT2D eigenvalue weighted by Crippen LogP contribution is -2.43. The molecule has 8 heteroatoms. The van der Waals surface area contributed by atoms with E-state index in [1.165, 1.54) is 0 Å². The van der Waals surface area contributed by atoms with Gasteiger partial charge in [-0.25, -0.2) is 0 Å². The van der Waals surface area contributed by atoms with Crippen molar-refractivity contribution in [3.05, 3.63) is 28.3 Å². The second-order valence-corrected chi connectivity index (χ2v) is 6.08. The van der Waals surface area contributed by atoms with Crippen molar-refractivity contribution < 1.29 is 9.66 Å². The third-order valence-corrected chi connectivity index (χ3v) is 4.51. The summed E-state index contributed by atoms with van der Waals surface area (Å²) in [4.78, 5) is 15.5. The lowest BCUT2D eigenvalue weighted by atomic mass is 10.2. The number of benzene rings is 1. The summed E-state index contributed by atoms with van der Waals surface area (Å²) in [5, 5.41) is 17.9. The molecule has 0 aromatic heterocycles. The molecule has 3 rings (SSSR count). The molecule has 2 N–H and O–H groups in total. The van der Waals surface area contributed by atoms with Gasteiger partial charge in [0.05, 0.1) is 18.1 Å². The monoisotopic (exact) mass is 335 g/mol. The van der Waals surface area contributed by atoms with E-state index in [0.717, 1.165) is 64.7 Å². The molecule has 0 bridgehead atoms. The Hall–Kier alpha value is -1.90. The third kappa shape index (κ3) is 4.34. The van der Waals surface area contributed by atoms with Gasteiger partial charge < -0.3 is 20.3 Å². The Morgan fingerprint density at radius 3 is 2.67 bits per heavy atom. The second-order valence-electron chi connectivity index (χ2n) is 6.08. The molecule has 2 saturated heterocycles. The van der Waals surface area contributed by atoms with Crippen LogP contribution in [0.3, 0.4) is 0 Å². The first-order chi connectivity index (χ1) is 11.7. The molecule has 2 fully saturated rings. The quantitative estimate of drug-likeness (QED) is 0.586. The lowest BCUT2D eigenvalue weighted by Gasteiger charge is -2.30. The predicted octanol–water partition coefficient (Wildman–Crippen LogP) is 0.749. The highest BCUT2D eigenvalue weighted by atomic mass is 16.6. The standard InChI is InChI=1S/C16H25N5O3/c22-21(23)16-2-1-14(20-7-3-17-4-8-20)13-15(16)18-5-6-19-9-11-24-12-10-19/h1-2,13,17-18H,3-12H2. The van der Waals surface area contributed by atoms with E-state index in [2.05, 4.69) is 20.4 Å². The van der Waals surface area contributed by atoms with Crippen LogP contribution < -0.4 is 15.5 Å². The van der Waals surface area contributed by atoms with Crippen molar-refractivity contribution in [1.82, 2.24) is 10.2 Å². The summed E-state index contributed by atoms with van der Waals surface area (Å²) in [5.74, 6) is 0. The van der Waals surface area contributed by atoms with Gasteiger partial charge in [-0.3, -0.25) is 15.0 Å². The Morgan fingerprint density at radius 1 is 1.21 bits per heavy atom. The highest BCUT2D eigenvalue weighted by Gasteiger charge is 2.18. The summed E-state index contributed by atoms with van der Waals surface area (Å²) in [6, 6.07) is 5.35. The molecule has 0 aliphatic carbocycles. The van der Waals surface area contributed by atoms with E-state index in [1.807, 2.05) is 12.1 Å². The van der Waals surface area contributed by atoms with E-state index >= 15 is 0 Å². The third-order valence-electron chi connectivity index (χ3n) is 4.51. The van der Waals surface area contributed by atoms with Crippen LogP contribution in [0.1, 0.15) is 0 Å². The molecule has 24 heavy (non-hydrogen) atoms. The molecule has 8 nitrogen and oxygen atoms in total. The largest absolute Gasteiger partial charge is 0.379 e. The van der Waals surface area contributed by atoms with Crippen LogP contribution in [0.25, 0.3) is 0 Å². The number of morpholine rings is 1. The average molecular weight is 335 g/mol. The van der Waals surface area contributed by atoms with Crippen molar-refractivity contribution in [3.8, 4) is 0 Å². The minimum absolute atomic E-state index is 0.135. The highest BCUT2D eigenvalue weighted by molar-refractivity contribution is 5.69. The molecular weight excluding hydrogens is 310 g/mol. The van der Waals surface area contributed by atoms with E-state index in [1.54, 1.807) is 6.07 Å². The fourth-order valence-corrected chi connectivity index (χ4v) is 3.12. The number of nitrogens with one attached hydrogen (secondary N) is 2. The Bertz CT molecular complexity index is 557. The van der Waals surface area contributed by atoms with Gasteiger partial charge >= 0.3 is 0 Å². The Morgan fingerprint density at radius 2 is 1.96 bits per heavy atom. The van der Waals surface area contributed by atoms with E-state index in [9.17, 15) is 10.1 Å². The van der Waals surface area contributed by atoms with Crippen molar-refractivity contribution in [3.63, 3.8) is 0 Å². The van der Waals surface area contributed by atoms with Crippen LogP contribution in [0.4, 0.5) is 17.1 Å². The van der Waals surface area contributed by atoms with Gasteiger partial charge in [0.15, 0.2) is 0 Å². The number of hydrogen-bond donors (Lipinski definition) is 2. The molecule has 0 unspecified atom stereocenters. The number of rotatable bonds is 6. The summed E-state index contributed by atoms with van der Waals surface area (Å²) in [6.07, 6.45) is 0. The van der Waals surface area contributed by atoms with Gasteiger partial charge in [-0.15, -0.1) is 0 Å². The molecule has 132 valence electrons. The fraction of sp³-hybridized carbons (Fsp3) is 0.625. The second kappa shape index (κ2) is 8.27. The number of nitro benzene ring substituents is 1. The van der Waals surface area contributed by atoms with Crippen molar-refractivity contribution in [1.29, 1.82) is 0 Å². The van der Waals surface area contributed by atoms with Crippen molar-refractivity contribution >= 4 is 17.1 Å². The average Bonchev–Trinajstić information content (AvgIpc) is 2.63. The molecule has 1 aromatic carbocycles.